The topological polar surface area (TPSA) is 70.9 Å². The van der Waals surface area contributed by atoms with Gasteiger partial charge in [-0.3, -0.25) is 4.79 Å². The molecule has 1 amide bonds. The maximum absolute atomic E-state index is 11.9. The first-order valence-corrected chi connectivity index (χ1v) is 5.48. The van der Waals surface area contributed by atoms with Crippen LogP contribution in [0.5, 0.6) is 0 Å². The van der Waals surface area contributed by atoms with Crippen LogP contribution in [0.3, 0.4) is 0 Å². The van der Waals surface area contributed by atoms with Gasteiger partial charge in [0.15, 0.2) is 0 Å². The molecule has 0 atom stereocenters. The van der Waals surface area contributed by atoms with Crippen molar-refractivity contribution in [2.75, 3.05) is 12.3 Å². The quantitative estimate of drug-likeness (QED) is 0.426. The number of hydrogen-bond acceptors (Lipinski definition) is 2. The molecule has 0 fully saturated rings. The number of rotatable bonds is 4. The number of aromatic amines is 1. The maximum atomic E-state index is 11.9. The van der Waals surface area contributed by atoms with E-state index in [4.69, 9.17) is 5.73 Å². The van der Waals surface area contributed by atoms with Gasteiger partial charge in [0.1, 0.15) is 0 Å². The Bertz CT molecular complexity index is 557. The fraction of sp³-hybridized carbons (Fsp3) is 0.154. The van der Waals surface area contributed by atoms with Crippen molar-refractivity contribution in [2.24, 2.45) is 0 Å². The fourth-order valence-corrected chi connectivity index (χ4v) is 1.71. The minimum absolute atomic E-state index is 0.0938. The molecule has 1 aromatic heterocycles. The number of nitrogen functional groups attached to an aromatic ring is 1. The second-order valence-corrected chi connectivity index (χ2v) is 3.84. The molecule has 0 bridgehead atoms. The normalized spacial score (nSPS) is 10.4. The van der Waals surface area contributed by atoms with Gasteiger partial charge in [-0.15, -0.1) is 6.58 Å². The lowest BCUT2D eigenvalue weighted by molar-refractivity contribution is 0.0956. The zero-order valence-corrected chi connectivity index (χ0v) is 9.49. The number of fused-ring (bicyclic) bond motifs is 1. The summed E-state index contributed by atoms with van der Waals surface area (Å²) in [6.07, 6.45) is 4.23. The van der Waals surface area contributed by atoms with Crippen LogP contribution in [-0.2, 0) is 0 Å². The van der Waals surface area contributed by atoms with Gasteiger partial charge in [-0.1, -0.05) is 6.08 Å². The van der Waals surface area contributed by atoms with Crippen molar-refractivity contribution in [1.82, 2.24) is 10.3 Å². The molecule has 0 saturated heterocycles. The van der Waals surface area contributed by atoms with Crippen molar-refractivity contribution >= 4 is 22.5 Å². The summed E-state index contributed by atoms with van der Waals surface area (Å²) >= 11 is 0. The lowest BCUT2D eigenvalue weighted by atomic mass is 10.1. The van der Waals surface area contributed by atoms with Crippen LogP contribution >= 0.6 is 0 Å². The van der Waals surface area contributed by atoms with E-state index in [1.807, 2.05) is 6.07 Å². The van der Waals surface area contributed by atoms with Gasteiger partial charge < -0.3 is 16.0 Å². The molecular weight excluding hydrogens is 214 g/mol. The second-order valence-electron chi connectivity index (χ2n) is 3.84. The predicted octanol–water partition coefficient (Wildman–Crippen LogP) is 2.06. The Morgan fingerprint density at radius 1 is 1.53 bits per heavy atom. The van der Waals surface area contributed by atoms with E-state index >= 15 is 0 Å². The van der Waals surface area contributed by atoms with Crippen molar-refractivity contribution < 1.29 is 4.79 Å². The molecule has 2 aromatic rings. The third kappa shape index (κ3) is 2.30. The van der Waals surface area contributed by atoms with Crippen LogP contribution in [0.2, 0.25) is 0 Å². The van der Waals surface area contributed by atoms with Crippen LogP contribution in [0.15, 0.2) is 37.1 Å². The maximum Gasteiger partial charge on any atom is 0.253 e. The molecule has 0 unspecified atom stereocenters. The summed E-state index contributed by atoms with van der Waals surface area (Å²) < 4.78 is 0. The molecule has 1 heterocycles. The highest BCUT2D eigenvalue weighted by Crippen LogP contribution is 2.20. The highest BCUT2D eigenvalue weighted by atomic mass is 16.1. The largest absolute Gasteiger partial charge is 0.399 e. The molecule has 2 rings (SSSR count). The van der Waals surface area contributed by atoms with E-state index in [9.17, 15) is 4.79 Å². The average molecular weight is 229 g/mol. The molecule has 4 N–H and O–H groups in total. The van der Waals surface area contributed by atoms with Crippen molar-refractivity contribution in [2.45, 2.75) is 6.42 Å². The van der Waals surface area contributed by atoms with Crippen LogP contribution < -0.4 is 11.1 Å². The van der Waals surface area contributed by atoms with E-state index in [1.54, 1.807) is 24.4 Å². The third-order valence-electron chi connectivity index (χ3n) is 2.58. The van der Waals surface area contributed by atoms with Gasteiger partial charge in [-0.2, -0.15) is 0 Å². The van der Waals surface area contributed by atoms with Crippen molar-refractivity contribution in [3.05, 3.63) is 42.6 Å². The first-order valence-electron chi connectivity index (χ1n) is 5.48. The number of anilines is 1. The summed E-state index contributed by atoms with van der Waals surface area (Å²) in [6.45, 7) is 4.20. The summed E-state index contributed by atoms with van der Waals surface area (Å²) in [6, 6.07) is 5.47. The SMILES string of the molecule is C=CCCNC(=O)c1c[nH]c2ccc(N)cc12. The standard InChI is InChI=1S/C13H15N3O/c1-2-3-6-15-13(17)11-8-16-12-5-4-9(14)7-10(11)12/h2,4-5,7-8,16H,1,3,6,14H2,(H,15,17). The second kappa shape index (κ2) is 4.74. The van der Waals surface area contributed by atoms with Gasteiger partial charge in [-0.05, 0) is 24.6 Å². The van der Waals surface area contributed by atoms with Gasteiger partial charge in [0.05, 0.1) is 5.56 Å². The number of carbonyl (C=O) groups is 1. The third-order valence-corrected chi connectivity index (χ3v) is 2.58. The average Bonchev–Trinajstić information content (AvgIpc) is 2.72. The van der Waals surface area contributed by atoms with E-state index < -0.39 is 0 Å². The highest BCUT2D eigenvalue weighted by Gasteiger charge is 2.11. The number of benzene rings is 1. The number of carbonyl (C=O) groups excluding carboxylic acids is 1. The molecule has 0 aliphatic carbocycles. The lowest BCUT2D eigenvalue weighted by Crippen LogP contribution is -2.23. The smallest absolute Gasteiger partial charge is 0.253 e. The van der Waals surface area contributed by atoms with Crippen molar-refractivity contribution in [1.29, 1.82) is 0 Å². The fourth-order valence-electron chi connectivity index (χ4n) is 1.71. The molecule has 0 saturated carbocycles. The highest BCUT2D eigenvalue weighted by molar-refractivity contribution is 6.07. The van der Waals surface area contributed by atoms with Gasteiger partial charge in [0, 0.05) is 29.3 Å². The van der Waals surface area contributed by atoms with E-state index in [0.717, 1.165) is 17.3 Å². The van der Waals surface area contributed by atoms with Gasteiger partial charge in [0.2, 0.25) is 0 Å². The molecule has 0 aliphatic rings. The van der Waals surface area contributed by atoms with Gasteiger partial charge in [0.25, 0.3) is 5.91 Å². The summed E-state index contributed by atoms with van der Waals surface area (Å²) in [5.41, 5.74) is 7.90. The molecule has 4 nitrogen and oxygen atoms in total. The van der Waals surface area contributed by atoms with Crippen LogP contribution in [0.1, 0.15) is 16.8 Å². The van der Waals surface area contributed by atoms with Crippen molar-refractivity contribution in [3.63, 3.8) is 0 Å². The predicted molar refractivity (Wildman–Crippen MR) is 69.9 cm³/mol. The van der Waals surface area contributed by atoms with Gasteiger partial charge >= 0.3 is 0 Å². The Morgan fingerprint density at radius 3 is 3.12 bits per heavy atom. The van der Waals surface area contributed by atoms with Crippen LogP contribution in [0.4, 0.5) is 5.69 Å². The summed E-state index contributed by atoms with van der Waals surface area (Å²) in [5, 5.41) is 3.67. The minimum Gasteiger partial charge on any atom is -0.399 e. The van der Waals surface area contributed by atoms with Gasteiger partial charge in [-0.25, -0.2) is 0 Å². The monoisotopic (exact) mass is 229 g/mol. The molecule has 1 aromatic carbocycles. The van der Waals surface area contributed by atoms with E-state index in [0.29, 0.717) is 17.8 Å². The van der Waals surface area contributed by atoms with Crippen LogP contribution in [-0.4, -0.2) is 17.4 Å². The summed E-state index contributed by atoms with van der Waals surface area (Å²) in [4.78, 5) is 14.9. The number of hydrogen-bond donors (Lipinski definition) is 3. The minimum atomic E-state index is -0.0938. The van der Waals surface area contributed by atoms with Crippen molar-refractivity contribution in [3.8, 4) is 0 Å². The van der Waals surface area contributed by atoms with E-state index in [-0.39, 0.29) is 5.91 Å². The number of nitrogens with two attached hydrogens (primary N) is 1. The van der Waals surface area contributed by atoms with E-state index in [1.165, 1.54) is 0 Å². The molecule has 4 heteroatoms. The summed E-state index contributed by atoms with van der Waals surface area (Å²) in [7, 11) is 0. The zero-order valence-electron chi connectivity index (χ0n) is 9.49. The van der Waals surface area contributed by atoms with E-state index in [2.05, 4.69) is 16.9 Å². The number of H-pyrrole nitrogens is 1. The number of nitrogens with one attached hydrogen (secondary N) is 2. The molecule has 0 spiro atoms. The Hall–Kier alpha value is -2.23. The zero-order chi connectivity index (χ0) is 12.3. The Labute approximate surface area is 99.5 Å². The van der Waals surface area contributed by atoms with Crippen LogP contribution in [0.25, 0.3) is 10.9 Å². The molecular formula is C13H15N3O. The number of amides is 1. The van der Waals surface area contributed by atoms with Crippen LogP contribution in [0, 0.1) is 0 Å². The Morgan fingerprint density at radius 2 is 2.35 bits per heavy atom. The number of aromatic nitrogens is 1. The first-order chi connectivity index (χ1) is 8.22. The Balaban J connectivity index is 2.25. The molecule has 88 valence electrons. The summed E-state index contributed by atoms with van der Waals surface area (Å²) in [5.74, 6) is -0.0938. The first kappa shape index (κ1) is 11.3. The molecule has 0 aliphatic heterocycles. The molecule has 0 radical (unpaired) electrons. The molecule has 17 heavy (non-hydrogen) atoms. The Kier molecular flexibility index (Phi) is 3.14. The lowest BCUT2D eigenvalue weighted by Gasteiger charge is -2.02.